The molecule has 2 saturated heterocycles. The number of carbonyl (C=O) groups excluding carboxylic acids is 1. The maximum atomic E-state index is 12.1. The van der Waals surface area contributed by atoms with E-state index in [2.05, 4.69) is 43.6 Å². The van der Waals surface area contributed by atoms with Crippen LogP contribution in [0.25, 0.3) is 0 Å². The average Bonchev–Trinajstić information content (AvgIpc) is 3.09. The number of anilines is 1. The number of aliphatic hydroxyl groups is 1. The van der Waals surface area contributed by atoms with E-state index in [1.807, 2.05) is 12.1 Å². The van der Waals surface area contributed by atoms with E-state index in [1.54, 1.807) is 0 Å². The Labute approximate surface area is 132 Å². The van der Waals surface area contributed by atoms with Crippen molar-refractivity contribution >= 4 is 27.5 Å². The molecule has 3 unspecified atom stereocenters. The zero-order valence-electron chi connectivity index (χ0n) is 11.8. The van der Waals surface area contributed by atoms with E-state index in [0.29, 0.717) is 13.0 Å². The van der Waals surface area contributed by atoms with Gasteiger partial charge in [-0.15, -0.1) is 0 Å². The van der Waals surface area contributed by atoms with Gasteiger partial charge in [-0.25, -0.2) is 0 Å². The molecule has 2 aliphatic rings. The number of hydrogen-bond donors (Lipinski definition) is 3. The SMILES string of the molecule is O=C(NC1CCN(c2ccc(Br)cc2)C1)C1CC(O)CN1. The molecule has 0 radical (unpaired) electrons. The van der Waals surface area contributed by atoms with Gasteiger partial charge in [0.25, 0.3) is 0 Å². The van der Waals surface area contributed by atoms with E-state index in [1.165, 1.54) is 5.69 Å². The maximum Gasteiger partial charge on any atom is 0.237 e. The Morgan fingerprint density at radius 1 is 1.38 bits per heavy atom. The normalized spacial score (nSPS) is 28.9. The fourth-order valence-corrected chi connectivity index (χ4v) is 3.25. The fraction of sp³-hybridized carbons (Fsp3) is 0.533. The fourth-order valence-electron chi connectivity index (χ4n) is 2.98. The predicted molar refractivity (Wildman–Crippen MR) is 85.3 cm³/mol. The monoisotopic (exact) mass is 353 g/mol. The van der Waals surface area contributed by atoms with Gasteiger partial charge in [-0.2, -0.15) is 0 Å². The molecule has 2 heterocycles. The second kappa shape index (κ2) is 6.34. The van der Waals surface area contributed by atoms with Crippen molar-refractivity contribution < 1.29 is 9.90 Å². The lowest BCUT2D eigenvalue weighted by Gasteiger charge is -2.20. The summed E-state index contributed by atoms with van der Waals surface area (Å²) in [5.41, 5.74) is 1.18. The molecule has 0 aromatic heterocycles. The number of amides is 1. The van der Waals surface area contributed by atoms with Crippen LogP contribution in [0.15, 0.2) is 28.7 Å². The van der Waals surface area contributed by atoms with Crippen LogP contribution in [-0.2, 0) is 4.79 Å². The molecule has 5 nitrogen and oxygen atoms in total. The number of nitrogens with one attached hydrogen (secondary N) is 2. The van der Waals surface area contributed by atoms with Crippen molar-refractivity contribution in [2.24, 2.45) is 0 Å². The van der Waals surface area contributed by atoms with Crippen LogP contribution in [0.3, 0.4) is 0 Å². The van der Waals surface area contributed by atoms with Gasteiger partial charge in [0.2, 0.25) is 5.91 Å². The summed E-state index contributed by atoms with van der Waals surface area (Å²) in [5, 5.41) is 15.6. The van der Waals surface area contributed by atoms with Crippen molar-refractivity contribution in [2.45, 2.75) is 31.0 Å². The van der Waals surface area contributed by atoms with Crippen molar-refractivity contribution in [2.75, 3.05) is 24.5 Å². The number of halogens is 1. The van der Waals surface area contributed by atoms with Gasteiger partial charge in [0.1, 0.15) is 0 Å². The molecule has 0 spiro atoms. The molecule has 3 rings (SSSR count). The van der Waals surface area contributed by atoms with Crippen molar-refractivity contribution in [3.63, 3.8) is 0 Å². The third-order valence-corrected chi connectivity index (χ3v) is 4.68. The molecule has 3 N–H and O–H groups in total. The summed E-state index contributed by atoms with van der Waals surface area (Å²) in [7, 11) is 0. The summed E-state index contributed by atoms with van der Waals surface area (Å²) in [5.74, 6) is 0.00852. The lowest BCUT2D eigenvalue weighted by atomic mass is 10.1. The van der Waals surface area contributed by atoms with Gasteiger partial charge in [0, 0.05) is 35.8 Å². The Morgan fingerprint density at radius 2 is 2.14 bits per heavy atom. The van der Waals surface area contributed by atoms with E-state index >= 15 is 0 Å². The van der Waals surface area contributed by atoms with Crippen molar-refractivity contribution in [1.82, 2.24) is 10.6 Å². The highest BCUT2D eigenvalue weighted by Crippen LogP contribution is 2.22. The maximum absolute atomic E-state index is 12.1. The summed E-state index contributed by atoms with van der Waals surface area (Å²) in [4.78, 5) is 14.4. The van der Waals surface area contributed by atoms with E-state index in [0.717, 1.165) is 24.0 Å². The van der Waals surface area contributed by atoms with E-state index in [-0.39, 0.29) is 18.0 Å². The van der Waals surface area contributed by atoms with Gasteiger partial charge >= 0.3 is 0 Å². The summed E-state index contributed by atoms with van der Waals surface area (Å²) >= 11 is 3.44. The largest absolute Gasteiger partial charge is 0.392 e. The van der Waals surface area contributed by atoms with E-state index in [4.69, 9.17) is 0 Å². The van der Waals surface area contributed by atoms with Crippen LogP contribution in [0.4, 0.5) is 5.69 Å². The number of rotatable bonds is 3. The first-order valence-corrected chi connectivity index (χ1v) is 8.13. The van der Waals surface area contributed by atoms with Crippen molar-refractivity contribution in [3.05, 3.63) is 28.7 Å². The number of nitrogens with zero attached hydrogens (tertiary/aromatic N) is 1. The van der Waals surface area contributed by atoms with Crippen LogP contribution in [0.5, 0.6) is 0 Å². The first-order valence-electron chi connectivity index (χ1n) is 7.34. The Bertz CT molecular complexity index is 508. The Kier molecular flexibility index (Phi) is 4.47. The Morgan fingerprint density at radius 3 is 2.81 bits per heavy atom. The van der Waals surface area contributed by atoms with Crippen LogP contribution in [0.2, 0.25) is 0 Å². The first kappa shape index (κ1) is 14.8. The minimum atomic E-state index is -0.399. The number of aliphatic hydroxyl groups excluding tert-OH is 1. The lowest BCUT2D eigenvalue weighted by Crippen LogP contribution is -2.46. The zero-order chi connectivity index (χ0) is 14.8. The Hall–Kier alpha value is -1.11. The van der Waals surface area contributed by atoms with E-state index < -0.39 is 6.10 Å². The molecule has 0 saturated carbocycles. The molecule has 21 heavy (non-hydrogen) atoms. The minimum Gasteiger partial charge on any atom is -0.392 e. The zero-order valence-corrected chi connectivity index (χ0v) is 13.3. The lowest BCUT2D eigenvalue weighted by molar-refractivity contribution is -0.123. The number of benzene rings is 1. The highest BCUT2D eigenvalue weighted by molar-refractivity contribution is 9.10. The smallest absolute Gasteiger partial charge is 0.237 e. The average molecular weight is 354 g/mol. The molecule has 1 aromatic rings. The van der Waals surface area contributed by atoms with Crippen LogP contribution < -0.4 is 15.5 Å². The van der Waals surface area contributed by atoms with E-state index in [9.17, 15) is 9.90 Å². The summed E-state index contributed by atoms with van der Waals surface area (Å²) in [6.07, 6.45) is 1.06. The highest BCUT2D eigenvalue weighted by Gasteiger charge is 2.31. The minimum absolute atomic E-state index is 0.00852. The molecular formula is C15H20BrN3O2. The molecular weight excluding hydrogens is 334 g/mol. The molecule has 2 aliphatic heterocycles. The summed E-state index contributed by atoms with van der Waals surface area (Å²) < 4.78 is 1.07. The molecule has 6 heteroatoms. The number of hydrogen-bond acceptors (Lipinski definition) is 4. The number of carbonyl (C=O) groups is 1. The van der Waals surface area contributed by atoms with Crippen LogP contribution >= 0.6 is 15.9 Å². The third-order valence-electron chi connectivity index (χ3n) is 4.15. The van der Waals surface area contributed by atoms with Gasteiger partial charge in [0.15, 0.2) is 0 Å². The molecule has 114 valence electrons. The molecule has 0 bridgehead atoms. The summed E-state index contributed by atoms with van der Waals surface area (Å²) in [6.45, 7) is 2.30. The van der Waals surface area contributed by atoms with Gasteiger partial charge < -0.3 is 20.6 Å². The molecule has 2 fully saturated rings. The van der Waals surface area contributed by atoms with Gasteiger partial charge in [-0.1, -0.05) is 15.9 Å². The second-order valence-electron chi connectivity index (χ2n) is 5.77. The van der Waals surface area contributed by atoms with Crippen molar-refractivity contribution in [1.29, 1.82) is 0 Å². The third kappa shape index (κ3) is 3.56. The van der Waals surface area contributed by atoms with Crippen molar-refractivity contribution in [3.8, 4) is 0 Å². The van der Waals surface area contributed by atoms with Crippen LogP contribution in [-0.4, -0.2) is 48.8 Å². The molecule has 3 atom stereocenters. The van der Waals surface area contributed by atoms with Gasteiger partial charge in [-0.3, -0.25) is 4.79 Å². The molecule has 1 aromatic carbocycles. The number of β-amino-alcohol motifs (C(OH)–C–C–N with tert-alkyl or cyclic N) is 1. The summed E-state index contributed by atoms with van der Waals surface area (Å²) in [6, 6.07) is 8.17. The van der Waals surface area contributed by atoms with Gasteiger partial charge in [-0.05, 0) is 37.1 Å². The second-order valence-corrected chi connectivity index (χ2v) is 6.68. The predicted octanol–water partition coefficient (Wildman–Crippen LogP) is 0.867. The highest BCUT2D eigenvalue weighted by atomic mass is 79.9. The first-order chi connectivity index (χ1) is 10.1. The quantitative estimate of drug-likeness (QED) is 0.754. The van der Waals surface area contributed by atoms with Crippen LogP contribution in [0.1, 0.15) is 12.8 Å². The van der Waals surface area contributed by atoms with Gasteiger partial charge in [0.05, 0.1) is 12.1 Å². The molecule has 0 aliphatic carbocycles. The van der Waals surface area contributed by atoms with Crippen LogP contribution in [0, 0.1) is 0 Å². The topological polar surface area (TPSA) is 64.6 Å². The molecule has 1 amide bonds. The Balaban J connectivity index is 1.52. The standard InChI is InChI=1S/C15H20BrN3O2/c16-10-1-3-12(4-2-10)19-6-5-11(9-19)18-15(21)14-7-13(20)8-17-14/h1-4,11,13-14,17,20H,5-9H2,(H,18,21).